The SMILES string of the molecule is NC(Cc1ccc(F)c(Cl)c1)c1ccc(I)c(Cl)c1. The van der Waals surface area contributed by atoms with Gasteiger partial charge < -0.3 is 5.73 Å². The molecular formula is C14H11Cl2FIN. The summed E-state index contributed by atoms with van der Waals surface area (Å²) in [5.74, 6) is -0.420. The van der Waals surface area contributed by atoms with Crippen molar-refractivity contribution in [2.75, 3.05) is 0 Å². The first-order chi connectivity index (χ1) is 8.97. The van der Waals surface area contributed by atoms with Crippen molar-refractivity contribution in [1.29, 1.82) is 0 Å². The van der Waals surface area contributed by atoms with Crippen LogP contribution in [0.25, 0.3) is 0 Å². The standard InChI is InChI=1S/C14H11Cl2FIN/c15-10-5-8(1-3-12(10)17)6-14(19)9-2-4-13(18)11(16)7-9/h1-5,7,14H,6,19H2. The highest BCUT2D eigenvalue weighted by Crippen LogP contribution is 2.25. The normalized spacial score (nSPS) is 12.5. The molecule has 1 atom stereocenters. The van der Waals surface area contributed by atoms with E-state index in [-0.39, 0.29) is 11.1 Å². The molecule has 0 aliphatic heterocycles. The first-order valence-corrected chi connectivity index (χ1v) is 7.45. The van der Waals surface area contributed by atoms with Crippen LogP contribution >= 0.6 is 45.8 Å². The lowest BCUT2D eigenvalue weighted by Gasteiger charge is -2.13. The Labute approximate surface area is 135 Å². The van der Waals surface area contributed by atoms with Crippen molar-refractivity contribution in [2.45, 2.75) is 12.5 Å². The molecule has 0 heterocycles. The van der Waals surface area contributed by atoms with Crippen LogP contribution < -0.4 is 5.73 Å². The highest BCUT2D eigenvalue weighted by atomic mass is 127. The Kier molecular flexibility index (Phi) is 5.06. The van der Waals surface area contributed by atoms with Crippen molar-refractivity contribution in [1.82, 2.24) is 0 Å². The van der Waals surface area contributed by atoms with E-state index in [0.29, 0.717) is 11.4 Å². The van der Waals surface area contributed by atoms with Crippen molar-refractivity contribution >= 4 is 45.8 Å². The number of hydrogen-bond donors (Lipinski definition) is 1. The molecule has 100 valence electrons. The second-order valence-electron chi connectivity index (χ2n) is 4.23. The Morgan fingerprint density at radius 3 is 2.47 bits per heavy atom. The molecule has 2 N–H and O–H groups in total. The number of rotatable bonds is 3. The van der Waals surface area contributed by atoms with Gasteiger partial charge in [-0.25, -0.2) is 4.39 Å². The second kappa shape index (κ2) is 6.39. The van der Waals surface area contributed by atoms with E-state index in [4.69, 9.17) is 28.9 Å². The minimum Gasteiger partial charge on any atom is -0.324 e. The van der Waals surface area contributed by atoms with Crippen molar-refractivity contribution < 1.29 is 4.39 Å². The predicted molar refractivity (Wildman–Crippen MR) is 86.2 cm³/mol. The van der Waals surface area contributed by atoms with Gasteiger partial charge in [-0.15, -0.1) is 0 Å². The topological polar surface area (TPSA) is 26.0 Å². The summed E-state index contributed by atoms with van der Waals surface area (Å²) < 4.78 is 14.1. The molecule has 0 bridgehead atoms. The maximum atomic E-state index is 13.1. The Morgan fingerprint density at radius 1 is 1.11 bits per heavy atom. The molecular weight excluding hydrogens is 399 g/mol. The summed E-state index contributed by atoms with van der Waals surface area (Å²) in [4.78, 5) is 0. The van der Waals surface area contributed by atoms with Crippen LogP contribution in [-0.4, -0.2) is 0 Å². The molecule has 1 unspecified atom stereocenters. The molecule has 0 spiro atoms. The molecule has 19 heavy (non-hydrogen) atoms. The van der Waals surface area contributed by atoms with Gasteiger partial charge in [0, 0.05) is 9.61 Å². The third kappa shape index (κ3) is 3.81. The van der Waals surface area contributed by atoms with Gasteiger partial charge in [0.1, 0.15) is 5.82 Å². The molecule has 5 heteroatoms. The van der Waals surface area contributed by atoms with Crippen molar-refractivity contribution in [3.05, 3.63) is 67.0 Å². The Balaban J connectivity index is 2.17. The molecule has 0 radical (unpaired) electrons. The van der Waals surface area contributed by atoms with Crippen LogP contribution in [0.5, 0.6) is 0 Å². The summed E-state index contributed by atoms with van der Waals surface area (Å²) in [6.45, 7) is 0. The Bertz CT molecular complexity index is 604. The van der Waals surface area contributed by atoms with E-state index < -0.39 is 5.82 Å². The van der Waals surface area contributed by atoms with Gasteiger partial charge in [-0.3, -0.25) is 0 Å². The zero-order valence-electron chi connectivity index (χ0n) is 9.84. The van der Waals surface area contributed by atoms with Gasteiger partial charge >= 0.3 is 0 Å². The third-order valence-electron chi connectivity index (χ3n) is 2.81. The quantitative estimate of drug-likeness (QED) is 0.711. The molecule has 0 amide bonds. The fourth-order valence-electron chi connectivity index (χ4n) is 1.78. The average Bonchev–Trinajstić information content (AvgIpc) is 2.37. The van der Waals surface area contributed by atoms with Crippen LogP contribution in [0, 0.1) is 9.39 Å². The molecule has 0 fully saturated rings. The van der Waals surface area contributed by atoms with Crippen molar-refractivity contribution in [3.8, 4) is 0 Å². The van der Waals surface area contributed by atoms with Crippen LogP contribution in [0.4, 0.5) is 4.39 Å². The Hall–Kier alpha value is -0.360. The summed E-state index contributed by atoms with van der Waals surface area (Å²) in [7, 11) is 0. The average molecular weight is 410 g/mol. The predicted octanol–water partition coefficient (Wildman–Crippen LogP) is 4.98. The second-order valence-corrected chi connectivity index (χ2v) is 6.21. The van der Waals surface area contributed by atoms with Gasteiger partial charge in [0.15, 0.2) is 0 Å². The Morgan fingerprint density at radius 2 is 1.84 bits per heavy atom. The fraction of sp³-hybridized carbons (Fsp3) is 0.143. The number of benzene rings is 2. The molecule has 2 aromatic rings. The molecule has 0 aromatic heterocycles. The lowest BCUT2D eigenvalue weighted by atomic mass is 10.00. The van der Waals surface area contributed by atoms with Crippen LogP contribution in [0.3, 0.4) is 0 Å². The molecule has 0 aliphatic rings. The summed E-state index contributed by atoms with van der Waals surface area (Å²) in [5.41, 5.74) is 7.98. The van der Waals surface area contributed by atoms with Crippen LogP contribution in [0.1, 0.15) is 17.2 Å². The first-order valence-electron chi connectivity index (χ1n) is 5.62. The van der Waals surface area contributed by atoms with E-state index in [1.807, 2.05) is 18.2 Å². The molecule has 0 saturated heterocycles. The third-order valence-corrected chi connectivity index (χ3v) is 4.67. The molecule has 0 saturated carbocycles. The van der Waals surface area contributed by atoms with Crippen LogP contribution in [0.15, 0.2) is 36.4 Å². The summed E-state index contributed by atoms with van der Waals surface area (Å²) in [6.07, 6.45) is 0.580. The lowest BCUT2D eigenvalue weighted by Crippen LogP contribution is -2.13. The zero-order valence-corrected chi connectivity index (χ0v) is 13.5. The van der Waals surface area contributed by atoms with Crippen molar-refractivity contribution in [3.63, 3.8) is 0 Å². The highest BCUT2D eigenvalue weighted by molar-refractivity contribution is 14.1. The van der Waals surface area contributed by atoms with Gasteiger partial charge in [0.25, 0.3) is 0 Å². The largest absolute Gasteiger partial charge is 0.324 e. The minimum absolute atomic E-state index is 0.116. The van der Waals surface area contributed by atoms with Crippen LogP contribution in [0.2, 0.25) is 10.0 Å². The molecule has 2 aromatic carbocycles. The van der Waals surface area contributed by atoms with Crippen LogP contribution in [-0.2, 0) is 6.42 Å². The van der Waals surface area contributed by atoms with E-state index in [1.165, 1.54) is 6.07 Å². The number of nitrogens with two attached hydrogens (primary N) is 1. The maximum absolute atomic E-state index is 13.1. The monoisotopic (exact) mass is 409 g/mol. The molecule has 0 aliphatic carbocycles. The van der Waals surface area contributed by atoms with E-state index in [0.717, 1.165) is 14.7 Å². The summed E-state index contributed by atoms with van der Waals surface area (Å²) >= 11 is 14.0. The van der Waals surface area contributed by atoms with Crippen molar-refractivity contribution in [2.24, 2.45) is 5.73 Å². The van der Waals surface area contributed by atoms with Gasteiger partial charge in [0.2, 0.25) is 0 Å². The smallest absolute Gasteiger partial charge is 0.141 e. The summed E-state index contributed by atoms with van der Waals surface area (Å²) in [5, 5.41) is 0.802. The molecule has 1 nitrogen and oxygen atoms in total. The van der Waals surface area contributed by atoms with E-state index in [9.17, 15) is 4.39 Å². The van der Waals surface area contributed by atoms with Gasteiger partial charge in [0.05, 0.1) is 10.0 Å². The lowest BCUT2D eigenvalue weighted by molar-refractivity contribution is 0.626. The minimum atomic E-state index is -0.420. The first kappa shape index (κ1) is 15.0. The van der Waals surface area contributed by atoms with Gasteiger partial charge in [-0.1, -0.05) is 35.3 Å². The number of halogens is 4. The maximum Gasteiger partial charge on any atom is 0.141 e. The fourth-order valence-corrected chi connectivity index (χ4v) is 2.51. The molecule has 2 rings (SSSR count). The van der Waals surface area contributed by atoms with E-state index in [2.05, 4.69) is 22.6 Å². The van der Waals surface area contributed by atoms with Gasteiger partial charge in [-0.2, -0.15) is 0 Å². The summed E-state index contributed by atoms with van der Waals surface area (Å²) in [6, 6.07) is 10.2. The highest BCUT2D eigenvalue weighted by Gasteiger charge is 2.10. The van der Waals surface area contributed by atoms with Gasteiger partial charge in [-0.05, 0) is 64.4 Å². The number of hydrogen-bond acceptors (Lipinski definition) is 1. The zero-order chi connectivity index (χ0) is 14.0. The van der Waals surface area contributed by atoms with E-state index >= 15 is 0 Å². The van der Waals surface area contributed by atoms with E-state index in [1.54, 1.807) is 12.1 Å².